The fourth-order valence-electron chi connectivity index (χ4n) is 2.47. The second kappa shape index (κ2) is 7.96. The van der Waals surface area contributed by atoms with Crippen molar-refractivity contribution in [2.75, 3.05) is 20.3 Å². The molecule has 2 aromatic rings. The van der Waals surface area contributed by atoms with Crippen molar-refractivity contribution in [2.24, 2.45) is 0 Å². The third-order valence-corrected chi connectivity index (χ3v) is 3.77. The van der Waals surface area contributed by atoms with E-state index in [1.807, 2.05) is 0 Å². The summed E-state index contributed by atoms with van der Waals surface area (Å²) < 4.78 is 7.17. The van der Waals surface area contributed by atoms with Crippen LogP contribution in [0.15, 0.2) is 30.3 Å². The molecular weight excluding hydrogens is 262 g/mol. The van der Waals surface area contributed by atoms with Gasteiger partial charge in [0.2, 0.25) is 0 Å². The minimum absolute atomic E-state index is 0.736. The van der Waals surface area contributed by atoms with Crippen LogP contribution in [0, 0.1) is 13.8 Å². The van der Waals surface area contributed by atoms with Crippen LogP contribution in [0.1, 0.15) is 22.5 Å². The summed E-state index contributed by atoms with van der Waals surface area (Å²) in [4.78, 5) is 0. The molecule has 1 heterocycles. The Morgan fingerprint density at radius 2 is 1.95 bits per heavy atom. The monoisotopic (exact) mass is 287 g/mol. The second-order valence-corrected chi connectivity index (χ2v) is 5.28. The SMILES string of the molecule is COCCNCc1c(C)nn(CCc2ccccc2)c1C. The van der Waals surface area contributed by atoms with E-state index in [-0.39, 0.29) is 0 Å². The Labute approximate surface area is 127 Å². The zero-order valence-electron chi connectivity index (χ0n) is 13.2. The highest BCUT2D eigenvalue weighted by Gasteiger charge is 2.10. The van der Waals surface area contributed by atoms with Crippen LogP contribution in [0.25, 0.3) is 0 Å². The maximum Gasteiger partial charge on any atom is 0.0641 e. The molecule has 0 amide bonds. The highest BCUT2D eigenvalue weighted by Crippen LogP contribution is 2.13. The molecule has 0 radical (unpaired) electrons. The number of ether oxygens (including phenoxy) is 1. The number of hydrogen-bond donors (Lipinski definition) is 1. The van der Waals surface area contributed by atoms with Gasteiger partial charge in [-0.15, -0.1) is 0 Å². The molecule has 1 aromatic carbocycles. The number of rotatable bonds is 8. The molecule has 0 fully saturated rings. The van der Waals surface area contributed by atoms with Crippen molar-refractivity contribution in [3.05, 3.63) is 52.8 Å². The average Bonchev–Trinajstić information content (AvgIpc) is 2.77. The van der Waals surface area contributed by atoms with Crippen LogP contribution in [-0.4, -0.2) is 30.0 Å². The van der Waals surface area contributed by atoms with Crippen LogP contribution in [0.4, 0.5) is 0 Å². The lowest BCUT2D eigenvalue weighted by Gasteiger charge is -2.07. The first-order chi connectivity index (χ1) is 10.2. The number of methoxy groups -OCH3 is 1. The lowest BCUT2D eigenvalue weighted by molar-refractivity contribution is 0.199. The van der Waals surface area contributed by atoms with Gasteiger partial charge in [-0.2, -0.15) is 5.10 Å². The molecule has 1 N–H and O–H groups in total. The van der Waals surface area contributed by atoms with Crippen molar-refractivity contribution in [1.82, 2.24) is 15.1 Å². The molecule has 0 bridgehead atoms. The lowest BCUT2D eigenvalue weighted by Crippen LogP contribution is -2.19. The molecule has 21 heavy (non-hydrogen) atoms. The molecule has 0 saturated carbocycles. The first kappa shape index (κ1) is 15.7. The topological polar surface area (TPSA) is 39.1 Å². The van der Waals surface area contributed by atoms with E-state index in [4.69, 9.17) is 4.74 Å². The van der Waals surface area contributed by atoms with Gasteiger partial charge in [0.25, 0.3) is 0 Å². The summed E-state index contributed by atoms with van der Waals surface area (Å²) in [5.41, 5.74) is 5.03. The summed E-state index contributed by atoms with van der Waals surface area (Å²) in [5.74, 6) is 0. The normalized spacial score (nSPS) is 11.0. The number of hydrogen-bond acceptors (Lipinski definition) is 3. The fourth-order valence-corrected chi connectivity index (χ4v) is 2.47. The van der Waals surface area contributed by atoms with Crippen LogP contribution in [-0.2, 0) is 24.2 Å². The highest BCUT2D eigenvalue weighted by atomic mass is 16.5. The van der Waals surface area contributed by atoms with E-state index in [9.17, 15) is 0 Å². The Morgan fingerprint density at radius 1 is 1.19 bits per heavy atom. The quantitative estimate of drug-likeness (QED) is 0.758. The van der Waals surface area contributed by atoms with Gasteiger partial charge < -0.3 is 10.1 Å². The van der Waals surface area contributed by atoms with Gasteiger partial charge in [-0.1, -0.05) is 30.3 Å². The van der Waals surface area contributed by atoms with Crippen LogP contribution >= 0.6 is 0 Å². The first-order valence-electron chi connectivity index (χ1n) is 7.49. The van der Waals surface area contributed by atoms with Crippen LogP contribution in [0.3, 0.4) is 0 Å². The van der Waals surface area contributed by atoms with Crippen molar-refractivity contribution in [2.45, 2.75) is 33.4 Å². The maximum absolute atomic E-state index is 5.05. The highest BCUT2D eigenvalue weighted by molar-refractivity contribution is 5.24. The van der Waals surface area contributed by atoms with E-state index in [0.717, 1.165) is 38.4 Å². The van der Waals surface area contributed by atoms with Gasteiger partial charge in [-0.05, 0) is 25.8 Å². The van der Waals surface area contributed by atoms with Crippen molar-refractivity contribution < 1.29 is 4.74 Å². The molecule has 4 nitrogen and oxygen atoms in total. The van der Waals surface area contributed by atoms with E-state index in [2.05, 4.69) is 59.3 Å². The van der Waals surface area contributed by atoms with Gasteiger partial charge in [-0.25, -0.2) is 0 Å². The van der Waals surface area contributed by atoms with Crippen molar-refractivity contribution in [3.63, 3.8) is 0 Å². The van der Waals surface area contributed by atoms with E-state index >= 15 is 0 Å². The zero-order valence-corrected chi connectivity index (χ0v) is 13.2. The zero-order chi connectivity index (χ0) is 15.1. The Morgan fingerprint density at radius 3 is 2.67 bits per heavy atom. The van der Waals surface area contributed by atoms with Crippen LogP contribution in [0.2, 0.25) is 0 Å². The molecule has 2 rings (SSSR count). The molecule has 0 unspecified atom stereocenters. The molecule has 0 aliphatic carbocycles. The second-order valence-electron chi connectivity index (χ2n) is 5.28. The molecule has 0 saturated heterocycles. The Hall–Kier alpha value is -1.65. The standard InChI is InChI=1S/C17H25N3O/c1-14-17(13-18-10-12-21-3)15(2)20(19-14)11-9-16-7-5-4-6-8-16/h4-8,18H,9-13H2,1-3H3. The minimum atomic E-state index is 0.736. The molecule has 0 atom stereocenters. The molecule has 1 aromatic heterocycles. The molecule has 0 spiro atoms. The number of nitrogens with zero attached hydrogens (tertiary/aromatic N) is 2. The van der Waals surface area contributed by atoms with Gasteiger partial charge in [0, 0.05) is 38.0 Å². The summed E-state index contributed by atoms with van der Waals surface area (Å²) in [5, 5.41) is 8.06. The largest absolute Gasteiger partial charge is 0.383 e. The summed E-state index contributed by atoms with van der Waals surface area (Å²) in [6, 6.07) is 10.6. The Balaban J connectivity index is 1.94. The summed E-state index contributed by atoms with van der Waals surface area (Å²) >= 11 is 0. The van der Waals surface area contributed by atoms with E-state index in [1.165, 1.54) is 16.8 Å². The maximum atomic E-state index is 5.05. The van der Waals surface area contributed by atoms with Crippen molar-refractivity contribution in [1.29, 1.82) is 0 Å². The smallest absolute Gasteiger partial charge is 0.0641 e. The van der Waals surface area contributed by atoms with Gasteiger partial charge in [0.05, 0.1) is 12.3 Å². The molecule has 0 aliphatic rings. The van der Waals surface area contributed by atoms with Gasteiger partial charge >= 0.3 is 0 Å². The number of benzene rings is 1. The summed E-state index contributed by atoms with van der Waals surface area (Å²) in [6.45, 7) is 7.61. The third-order valence-electron chi connectivity index (χ3n) is 3.77. The molecular formula is C17H25N3O. The van der Waals surface area contributed by atoms with Crippen molar-refractivity contribution in [3.8, 4) is 0 Å². The molecule has 4 heteroatoms. The van der Waals surface area contributed by atoms with Gasteiger partial charge in [0.1, 0.15) is 0 Å². The van der Waals surface area contributed by atoms with Crippen LogP contribution in [0.5, 0.6) is 0 Å². The average molecular weight is 287 g/mol. The fraction of sp³-hybridized carbons (Fsp3) is 0.471. The number of nitrogens with one attached hydrogen (secondary N) is 1. The van der Waals surface area contributed by atoms with Crippen molar-refractivity contribution >= 4 is 0 Å². The predicted octanol–water partition coefficient (Wildman–Crippen LogP) is 2.48. The molecule has 0 aliphatic heterocycles. The summed E-state index contributed by atoms with van der Waals surface area (Å²) in [6.07, 6.45) is 1.01. The Bertz CT molecular complexity index is 549. The number of aryl methyl sites for hydroxylation is 3. The van der Waals surface area contributed by atoms with E-state index in [1.54, 1.807) is 7.11 Å². The van der Waals surface area contributed by atoms with E-state index in [0.29, 0.717) is 0 Å². The van der Waals surface area contributed by atoms with Gasteiger partial charge in [-0.3, -0.25) is 4.68 Å². The lowest BCUT2D eigenvalue weighted by atomic mass is 10.1. The third kappa shape index (κ3) is 4.41. The molecule has 114 valence electrons. The first-order valence-corrected chi connectivity index (χ1v) is 7.49. The number of aromatic nitrogens is 2. The summed E-state index contributed by atoms with van der Waals surface area (Å²) in [7, 11) is 1.72. The predicted molar refractivity (Wildman–Crippen MR) is 85.4 cm³/mol. The van der Waals surface area contributed by atoms with Gasteiger partial charge in [0.15, 0.2) is 0 Å². The van der Waals surface area contributed by atoms with Crippen LogP contribution < -0.4 is 5.32 Å². The van der Waals surface area contributed by atoms with E-state index < -0.39 is 0 Å². The Kier molecular flexibility index (Phi) is 5.96. The minimum Gasteiger partial charge on any atom is -0.383 e.